The van der Waals surface area contributed by atoms with Crippen molar-refractivity contribution in [2.75, 3.05) is 6.54 Å². The zero-order valence-corrected chi connectivity index (χ0v) is 7.95. The number of nitrogens with zero attached hydrogens (tertiary/aromatic N) is 1. The van der Waals surface area contributed by atoms with Crippen LogP contribution in [-0.2, 0) is 9.59 Å². The lowest BCUT2D eigenvalue weighted by Crippen LogP contribution is -2.44. The maximum Gasteiger partial charge on any atom is 0.220 e. The van der Waals surface area contributed by atoms with Gasteiger partial charge in [-0.05, 0) is 25.2 Å². The number of carbonyl (C=O) groups excluding carboxylic acids is 2. The van der Waals surface area contributed by atoms with Crippen LogP contribution in [0.25, 0.3) is 0 Å². The Bertz CT molecular complexity index is 249. The molecule has 0 spiro atoms. The molecule has 0 unspecified atom stereocenters. The van der Waals surface area contributed by atoms with Gasteiger partial charge in [0.25, 0.3) is 0 Å². The third kappa shape index (κ3) is 1.36. The predicted octanol–water partition coefficient (Wildman–Crippen LogP) is 0.976. The van der Waals surface area contributed by atoms with E-state index in [1.54, 1.807) is 11.8 Å². The van der Waals surface area contributed by atoms with Gasteiger partial charge in [0.1, 0.15) is 0 Å². The first-order valence-electron chi connectivity index (χ1n) is 5.00. The minimum atomic E-state index is -0.0637. The van der Waals surface area contributed by atoms with Crippen LogP contribution in [0.4, 0.5) is 0 Å². The molecule has 72 valence electrons. The summed E-state index contributed by atoms with van der Waals surface area (Å²) < 4.78 is 0. The second-order valence-electron chi connectivity index (χ2n) is 4.06. The molecule has 1 saturated carbocycles. The Morgan fingerprint density at radius 3 is 2.92 bits per heavy atom. The van der Waals surface area contributed by atoms with Gasteiger partial charge in [0.2, 0.25) is 5.91 Å². The normalized spacial score (nSPS) is 33.3. The molecule has 1 aliphatic carbocycles. The van der Waals surface area contributed by atoms with Crippen molar-refractivity contribution in [3.8, 4) is 0 Å². The smallest absolute Gasteiger partial charge is 0.220 e. The summed E-state index contributed by atoms with van der Waals surface area (Å²) in [4.78, 5) is 24.6. The van der Waals surface area contributed by atoms with Gasteiger partial charge in [0.15, 0.2) is 5.78 Å². The molecule has 0 bridgehead atoms. The molecule has 2 aliphatic rings. The van der Waals surface area contributed by atoms with Crippen LogP contribution in [0.15, 0.2) is 0 Å². The average Bonchev–Trinajstić information content (AvgIpc) is 2.49. The van der Waals surface area contributed by atoms with Crippen molar-refractivity contribution in [3.05, 3.63) is 0 Å². The molecule has 1 amide bonds. The highest BCUT2D eigenvalue weighted by molar-refractivity contribution is 5.89. The Morgan fingerprint density at radius 2 is 2.23 bits per heavy atom. The second kappa shape index (κ2) is 3.13. The average molecular weight is 181 g/mol. The number of likely N-dealkylation sites (tertiary alicyclic amines) is 1. The topological polar surface area (TPSA) is 37.4 Å². The van der Waals surface area contributed by atoms with Gasteiger partial charge in [0.05, 0.1) is 6.04 Å². The molecule has 0 aromatic rings. The van der Waals surface area contributed by atoms with Crippen LogP contribution >= 0.6 is 0 Å². The van der Waals surface area contributed by atoms with Gasteiger partial charge in [0, 0.05) is 19.9 Å². The summed E-state index contributed by atoms with van der Waals surface area (Å²) in [6.45, 7) is 2.35. The lowest BCUT2D eigenvalue weighted by Gasteiger charge is -2.29. The molecule has 0 N–H and O–H groups in total. The van der Waals surface area contributed by atoms with Gasteiger partial charge < -0.3 is 4.90 Å². The van der Waals surface area contributed by atoms with Crippen LogP contribution in [-0.4, -0.2) is 29.2 Å². The number of hydrogen-bond acceptors (Lipinski definition) is 2. The van der Waals surface area contributed by atoms with Gasteiger partial charge in [-0.1, -0.05) is 0 Å². The lowest BCUT2D eigenvalue weighted by molar-refractivity contribution is -0.138. The van der Waals surface area contributed by atoms with Gasteiger partial charge in [-0.3, -0.25) is 9.59 Å². The first-order chi connectivity index (χ1) is 6.20. The SMILES string of the molecule is CC(=O)N1CC[C@@H]2CCCC(=O)[C@H]21. The monoisotopic (exact) mass is 181 g/mol. The number of amides is 1. The van der Waals surface area contributed by atoms with Gasteiger partial charge >= 0.3 is 0 Å². The summed E-state index contributed by atoms with van der Waals surface area (Å²) in [5.74, 6) is 0.803. The minimum absolute atomic E-state index is 0.0581. The van der Waals surface area contributed by atoms with Crippen LogP contribution in [0.3, 0.4) is 0 Å². The van der Waals surface area contributed by atoms with E-state index in [4.69, 9.17) is 0 Å². The molecule has 0 radical (unpaired) electrons. The number of hydrogen-bond donors (Lipinski definition) is 0. The molecule has 1 heterocycles. The maximum atomic E-state index is 11.6. The number of carbonyl (C=O) groups is 2. The molecule has 13 heavy (non-hydrogen) atoms. The summed E-state index contributed by atoms with van der Waals surface area (Å²) in [5.41, 5.74) is 0. The predicted molar refractivity (Wildman–Crippen MR) is 48.1 cm³/mol. The number of ketones is 1. The van der Waals surface area contributed by atoms with E-state index >= 15 is 0 Å². The molecule has 0 aromatic carbocycles. The van der Waals surface area contributed by atoms with E-state index in [1.807, 2.05) is 0 Å². The van der Waals surface area contributed by atoms with Crippen LogP contribution in [0.5, 0.6) is 0 Å². The molecule has 2 atom stereocenters. The van der Waals surface area contributed by atoms with Gasteiger partial charge in [-0.25, -0.2) is 0 Å². The van der Waals surface area contributed by atoms with Crippen molar-refractivity contribution in [2.45, 2.75) is 38.6 Å². The summed E-state index contributed by atoms with van der Waals surface area (Å²) in [5, 5.41) is 0. The van der Waals surface area contributed by atoms with E-state index in [0.717, 1.165) is 25.8 Å². The number of Topliss-reactive ketones (excluding diaryl/α,β-unsaturated/α-hetero) is 1. The van der Waals surface area contributed by atoms with Crippen LogP contribution in [0, 0.1) is 5.92 Å². The van der Waals surface area contributed by atoms with Crippen molar-refractivity contribution in [1.29, 1.82) is 0 Å². The fourth-order valence-electron chi connectivity index (χ4n) is 2.63. The van der Waals surface area contributed by atoms with E-state index < -0.39 is 0 Å². The Hall–Kier alpha value is -0.860. The lowest BCUT2D eigenvalue weighted by atomic mass is 9.84. The first kappa shape index (κ1) is 8.73. The molecule has 3 heteroatoms. The molecule has 2 fully saturated rings. The van der Waals surface area contributed by atoms with E-state index in [0.29, 0.717) is 12.3 Å². The molecule has 1 saturated heterocycles. The van der Waals surface area contributed by atoms with Gasteiger partial charge in [-0.2, -0.15) is 0 Å². The minimum Gasteiger partial charge on any atom is -0.333 e. The Labute approximate surface area is 78.1 Å². The standard InChI is InChI=1S/C10H15NO2/c1-7(12)11-6-5-8-3-2-4-9(13)10(8)11/h8,10H,2-6H2,1H3/t8-,10-/m0/s1. The molecule has 2 rings (SSSR count). The summed E-state index contributed by atoms with van der Waals surface area (Å²) in [7, 11) is 0. The molecular weight excluding hydrogens is 166 g/mol. The highest BCUT2D eigenvalue weighted by atomic mass is 16.2. The van der Waals surface area contributed by atoms with Crippen LogP contribution in [0.1, 0.15) is 32.6 Å². The largest absolute Gasteiger partial charge is 0.333 e. The number of fused-ring (bicyclic) bond motifs is 1. The summed E-state index contributed by atoms with van der Waals surface area (Å²) >= 11 is 0. The van der Waals surface area contributed by atoms with Crippen molar-refractivity contribution in [1.82, 2.24) is 4.90 Å². The van der Waals surface area contributed by atoms with E-state index in [2.05, 4.69) is 0 Å². The summed E-state index contributed by atoms with van der Waals surface area (Å²) in [6, 6.07) is -0.0637. The van der Waals surface area contributed by atoms with Crippen molar-refractivity contribution < 1.29 is 9.59 Å². The molecule has 1 aliphatic heterocycles. The fraction of sp³-hybridized carbons (Fsp3) is 0.800. The van der Waals surface area contributed by atoms with Crippen molar-refractivity contribution in [3.63, 3.8) is 0 Å². The van der Waals surface area contributed by atoms with Crippen molar-refractivity contribution >= 4 is 11.7 Å². The van der Waals surface area contributed by atoms with Gasteiger partial charge in [-0.15, -0.1) is 0 Å². The fourth-order valence-corrected chi connectivity index (χ4v) is 2.63. The highest BCUT2D eigenvalue weighted by Gasteiger charge is 2.41. The van der Waals surface area contributed by atoms with E-state index in [-0.39, 0.29) is 17.7 Å². The van der Waals surface area contributed by atoms with Crippen LogP contribution < -0.4 is 0 Å². The highest BCUT2D eigenvalue weighted by Crippen LogP contribution is 2.34. The third-order valence-electron chi connectivity index (χ3n) is 3.26. The zero-order valence-electron chi connectivity index (χ0n) is 7.95. The second-order valence-corrected chi connectivity index (χ2v) is 4.06. The van der Waals surface area contributed by atoms with Crippen LogP contribution in [0.2, 0.25) is 0 Å². The zero-order chi connectivity index (χ0) is 9.42. The summed E-state index contributed by atoms with van der Waals surface area (Å²) in [6.07, 6.45) is 3.84. The quantitative estimate of drug-likeness (QED) is 0.558. The Morgan fingerprint density at radius 1 is 1.46 bits per heavy atom. The third-order valence-corrected chi connectivity index (χ3v) is 3.26. The molecule has 0 aromatic heterocycles. The van der Waals surface area contributed by atoms with Crippen molar-refractivity contribution in [2.24, 2.45) is 5.92 Å². The molecular formula is C10H15NO2. The van der Waals surface area contributed by atoms with E-state index in [1.165, 1.54) is 0 Å². The van der Waals surface area contributed by atoms with E-state index in [9.17, 15) is 9.59 Å². The maximum absolute atomic E-state index is 11.6. The Kier molecular flexibility index (Phi) is 2.10. The first-order valence-corrected chi connectivity index (χ1v) is 5.00. The number of rotatable bonds is 0. The Balaban J connectivity index is 2.18. The molecule has 3 nitrogen and oxygen atoms in total.